The Bertz CT molecular complexity index is 726. The molecule has 8 heteroatoms. The van der Waals surface area contributed by atoms with E-state index < -0.39 is 24.5 Å². The molecule has 1 atom stereocenters. The number of aliphatic hydroxyl groups is 1. The molecule has 1 amide bonds. The van der Waals surface area contributed by atoms with Crippen LogP contribution < -0.4 is 5.32 Å². The molecule has 0 radical (unpaired) electrons. The van der Waals surface area contributed by atoms with Gasteiger partial charge in [0.15, 0.2) is 11.2 Å². The van der Waals surface area contributed by atoms with Crippen molar-refractivity contribution in [2.75, 3.05) is 13.7 Å². The molecular weight excluding hydrogens is 310 g/mol. The quantitative estimate of drug-likeness (QED) is 0.622. The summed E-state index contributed by atoms with van der Waals surface area (Å²) in [5, 5.41) is 11.6. The van der Waals surface area contributed by atoms with Crippen molar-refractivity contribution in [2.45, 2.75) is 6.04 Å². The van der Waals surface area contributed by atoms with Gasteiger partial charge in [0.05, 0.1) is 19.4 Å². The van der Waals surface area contributed by atoms with Gasteiger partial charge in [0.2, 0.25) is 5.91 Å². The van der Waals surface area contributed by atoms with Crippen LogP contribution in [0.5, 0.6) is 0 Å². The predicted octanol–water partition coefficient (Wildman–Crippen LogP) is 0.651. The third-order valence-electron chi connectivity index (χ3n) is 2.90. The Kier molecular flexibility index (Phi) is 5.13. The fourth-order valence-electron chi connectivity index (χ4n) is 1.83. The molecule has 0 saturated carbocycles. The van der Waals surface area contributed by atoms with Gasteiger partial charge in [-0.1, -0.05) is 17.7 Å². The van der Waals surface area contributed by atoms with Gasteiger partial charge in [0.25, 0.3) is 0 Å². The molecule has 0 aliphatic rings. The molecule has 0 aliphatic heterocycles. The van der Waals surface area contributed by atoms with Crippen LogP contribution in [0.25, 0.3) is 11.7 Å². The minimum atomic E-state index is -1.11. The van der Waals surface area contributed by atoms with Crippen LogP contribution in [0.2, 0.25) is 5.15 Å². The zero-order chi connectivity index (χ0) is 16.1. The maximum atomic E-state index is 11.8. The summed E-state index contributed by atoms with van der Waals surface area (Å²) in [5.74, 6) is -1.29. The van der Waals surface area contributed by atoms with E-state index in [9.17, 15) is 9.59 Å². The standard InChI is InChI=1S/C14H14ClN3O4/c1-22-14(21)9(8-19)16-12(20)6-5-10-13(15)17-11-4-2-3-7-18(10)11/h2-7,9,19H,8H2,1H3,(H,16,20)/b6-5+/t9-/m0/s1. The number of carbonyl (C=O) groups is 2. The highest BCUT2D eigenvalue weighted by atomic mass is 35.5. The lowest BCUT2D eigenvalue weighted by Crippen LogP contribution is -2.43. The third-order valence-corrected chi connectivity index (χ3v) is 3.18. The van der Waals surface area contributed by atoms with E-state index in [1.807, 2.05) is 12.1 Å². The van der Waals surface area contributed by atoms with E-state index in [1.54, 1.807) is 16.7 Å². The number of imidazole rings is 1. The van der Waals surface area contributed by atoms with Gasteiger partial charge in [0.1, 0.15) is 5.65 Å². The number of rotatable bonds is 5. The van der Waals surface area contributed by atoms with E-state index in [0.29, 0.717) is 11.3 Å². The second kappa shape index (κ2) is 7.06. The zero-order valence-corrected chi connectivity index (χ0v) is 12.4. The molecule has 2 heterocycles. The van der Waals surface area contributed by atoms with Crippen molar-refractivity contribution in [2.24, 2.45) is 0 Å². The van der Waals surface area contributed by atoms with Crippen molar-refractivity contribution in [1.29, 1.82) is 0 Å². The molecule has 0 bridgehead atoms. The second-order valence-electron chi connectivity index (χ2n) is 4.32. The summed E-state index contributed by atoms with van der Waals surface area (Å²) in [7, 11) is 1.17. The normalized spacial score (nSPS) is 12.5. The lowest BCUT2D eigenvalue weighted by molar-refractivity contribution is -0.145. The topological polar surface area (TPSA) is 92.9 Å². The minimum Gasteiger partial charge on any atom is -0.467 e. The molecule has 0 spiro atoms. The van der Waals surface area contributed by atoms with Crippen LogP contribution in [-0.2, 0) is 14.3 Å². The summed E-state index contributed by atoms with van der Waals surface area (Å²) >= 11 is 6.03. The molecule has 2 N–H and O–H groups in total. The summed E-state index contributed by atoms with van der Waals surface area (Å²) < 4.78 is 6.18. The highest BCUT2D eigenvalue weighted by Gasteiger charge is 2.19. The van der Waals surface area contributed by atoms with E-state index in [1.165, 1.54) is 19.3 Å². The van der Waals surface area contributed by atoms with E-state index in [0.717, 1.165) is 0 Å². The summed E-state index contributed by atoms with van der Waals surface area (Å²) in [5.41, 5.74) is 1.18. The first kappa shape index (κ1) is 16.0. The van der Waals surface area contributed by atoms with E-state index >= 15 is 0 Å². The number of aromatic nitrogens is 2. The Morgan fingerprint density at radius 2 is 2.32 bits per heavy atom. The summed E-state index contributed by atoms with van der Waals surface area (Å²) in [4.78, 5) is 27.2. The Balaban J connectivity index is 2.15. The molecule has 2 aromatic heterocycles. The van der Waals surface area contributed by atoms with Gasteiger partial charge in [-0.2, -0.15) is 0 Å². The summed E-state index contributed by atoms with van der Waals surface area (Å²) in [6, 6.07) is 4.30. The molecule has 0 aromatic carbocycles. The van der Waals surface area contributed by atoms with Crippen LogP contribution in [0.4, 0.5) is 0 Å². The number of hydrogen-bond acceptors (Lipinski definition) is 5. The lowest BCUT2D eigenvalue weighted by atomic mass is 10.3. The second-order valence-corrected chi connectivity index (χ2v) is 4.67. The van der Waals surface area contributed by atoms with Crippen molar-refractivity contribution >= 4 is 35.2 Å². The molecule has 2 rings (SSSR count). The van der Waals surface area contributed by atoms with Gasteiger partial charge >= 0.3 is 5.97 Å². The first-order valence-corrected chi connectivity index (χ1v) is 6.74. The van der Waals surface area contributed by atoms with Gasteiger partial charge in [0, 0.05) is 12.3 Å². The maximum absolute atomic E-state index is 11.8. The Labute approximate surface area is 131 Å². The average Bonchev–Trinajstić information content (AvgIpc) is 2.85. The number of esters is 1. The molecular formula is C14H14ClN3O4. The number of halogens is 1. The molecule has 0 saturated heterocycles. The van der Waals surface area contributed by atoms with Crippen molar-refractivity contribution < 1.29 is 19.4 Å². The highest BCUT2D eigenvalue weighted by Crippen LogP contribution is 2.18. The first-order valence-electron chi connectivity index (χ1n) is 6.36. The van der Waals surface area contributed by atoms with Gasteiger partial charge in [-0.05, 0) is 18.2 Å². The molecule has 7 nitrogen and oxygen atoms in total. The van der Waals surface area contributed by atoms with Crippen LogP contribution in [0.1, 0.15) is 5.69 Å². The van der Waals surface area contributed by atoms with Crippen molar-refractivity contribution in [3.8, 4) is 0 Å². The SMILES string of the molecule is COC(=O)[C@H](CO)NC(=O)/C=C/c1c(Cl)nc2ccccn12. The smallest absolute Gasteiger partial charge is 0.330 e. The van der Waals surface area contributed by atoms with Crippen molar-refractivity contribution in [3.05, 3.63) is 41.3 Å². The molecule has 0 fully saturated rings. The fourth-order valence-corrected chi connectivity index (χ4v) is 2.07. The number of pyridine rings is 1. The summed E-state index contributed by atoms with van der Waals surface area (Å²) in [6.45, 7) is -0.553. The maximum Gasteiger partial charge on any atom is 0.330 e. The van der Waals surface area contributed by atoms with Crippen LogP contribution >= 0.6 is 11.6 Å². The van der Waals surface area contributed by atoms with E-state index in [2.05, 4.69) is 15.0 Å². The number of hydrogen-bond donors (Lipinski definition) is 2. The number of nitrogens with zero attached hydrogens (tertiary/aromatic N) is 2. The lowest BCUT2D eigenvalue weighted by Gasteiger charge is -2.11. The Morgan fingerprint density at radius 1 is 1.55 bits per heavy atom. The number of ether oxygens (including phenoxy) is 1. The average molecular weight is 324 g/mol. The Hall–Kier alpha value is -2.38. The first-order chi connectivity index (χ1) is 10.6. The Morgan fingerprint density at radius 3 is 3.00 bits per heavy atom. The van der Waals surface area contributed by atoms with Crippen LogP contribution in [0.3, 0.4) is 0 Å². The van der Waals surface area contributed by atoms with Gasteiger partial charge in [-0.25, -0.2) is 9.78 Å². The minimum absolute atomic E-state index is 0.252. The molecule has 116 valence electrons. The monoisotopic (exact) mass is 323 g/mol. The van der Waals surface area contributed by atoms with Gasteiger partial charge in [-0.3, -0.25) is 9.20 Å². The van der Waals surface area contributed by atoms with Gasteiger partial charge < -0.3 is 15.2 Å². The fraction of sp³-hybridized carbons (Fsp3) is 0.214. The number of nitrogens with one attached hydrogen (secondary N) is 1. The largest absolute Gasteiger partial charge is 0.467 e. The molecule has 22 heavy (non-hydrogen) atoms. The van der Waals surface area contributed by atoms with E-state index in [4.69, 9.17) is 16.7 Å². The number of amides is 1. The number of fused-ring (bicyclic) bond motifs is 1. The number of methoxy groups -OCH3 is 1. The highest BCUT2D eigenvalue weighted by molar-refractivity contribution is 6.31. The van der Waals surface area contributed by atoms with Gasteiger partial charge in [-0.15, -0.1) is 0 Å². The van der Waals surface area contributed by atoms with E-state index in [-0.39, 0.29) is 5.15 Å². The summed E-state index contributed by atoms with van der Waals surface area (Å²) in [6.07, 6.45) is 4.44. The number of aliphatic hydroxyl groups excluding tert-OH is 1. The zero-order valence-electron chi connectivity index (χ0n) is 11.7. The van der Waals surface area contributed by atoms with Crippen molar-refractivity contribution in [3.63, 3.8) is 0 Å². The number of carbonyl (C=O) groups excluding carboxylic acids is 2. The molecule has 0 unspecified atom stereocenters. The molecule has 2 aromatic rings. The third kappa shape index (κ3) is 3.44. The predicted molar refractivity (Wildman–Crippen MR) is 80.3 cm³/mol. The van der Waals surface area contributed by atoms with Crippen LogP contribution in [0, 0.1) is 0 Å². The van der Waals surface area contributed by atoms with Crippen molar-refractivity contribution in [1.82, 2.24) is 14.7 Å². The van der Waals surface area contributed by atoms with Crippen LogP contribution in [-0.4, -0.2) is 46.1 Å². The van der Waals surface area contributed by atoms with Crippen LogP contribution in [0.15, 0.2) is 30.5 Å². The molecule has 0 aliphatic carbocycles.